The topological polar surface area (TPSA) is 26.0 Å². The lowest BCUT2D eigenvalue weighted by molar-refractivity contribution is 1.47. The Morgan fingerprint density at radius 3 is 2.62 bits per heavy atom. The molecule has 0 aliphatic carbocycles. The van der Waals surface area contributed by atoms with Gasteiger partial charge in [-0.05, 0) is 36.4 Å². The summed E-state index contributed by atoms with van der Waals surface area (Å²) in [6, 6.07) is 10.4. The second kappa shape index (κ2) is 2.77. The molecule has 1 heteroatoms. The Kier molecular flexibility index (Phi) is 1.73. The van der Waals surface area contributed by atoms with Crippen LogP contribution in [0.4, 0.5) is 5.69 Å². The van der Waals surface area contributed by atoms with Gasteiger partial charge in [-0.15, -0.1) is 0 Å². The van der Waals surface area contributed by atoms with Gasteiger partial charge in [0.2, 0.25) is 0 Å². The van der Waals surface area contributed by atoms with Gasteiger partial charge in [-0.2, -0.15) is 0 Å². The Labute approximate surface area is 78.2 Å². The Morgan fingerprint density at radius 1 is 1.08 bits per heavy atom. The highest BCUT2D eigenvalue weighted by Gasteiger charge is 2.00. The summed E-state index contributed by atoms with van der Waals surface area (Å²) >= 11 is 0. The predicted molar refractivity (Wildman–Crippen MR) is 57.8 cm³/mol. The standard InChI is InChI=1S/C12H13N/c1-8-6-10-5-3-4-9(2)12(10)11(13)7-8/h3-7H,13H2,1-2H3. The van der Waals surface area contributed by atoms with Crippen LogP contribution in [0.1, 0.15) is 11.1 Å². The summed E-state index contributed by atoms with van der Waals surface area (Å²) in [5, 5.41) is 2.42. The minimum absolute atomic E-state index is 0.883. The lowest BCUT2D eigenvalue weighted by atomic mass is 10.0. The normalized spacial score (nSPS) is 10.6. The Morgan fingerprint density at radius 2 is 1.85 bits per heavy atom. The number of benzene rings is 2. The number of hydrogen-bond donors (Lipinski definition) is 1. The maximum atomic E-state index is 5.96. The van der Waals surface area contributed by atoms with Crippen molar-refractivity contribution in [1.29, 1.82) is 0 Å². The van der Waals surface area contributed by atoms with Gasteiger partial charge in [0.15, 0.2) is 0 Å². The molecule has 13 heavy (non-hydrogen) atoms. The molecule has 0 saturated heterocycles. The summed E-state index contributed by atoms with van der Waals surface area (Å²) in [6.07, 6.45) is 0. The maximum absolute atomic E-state index is 5.96. The van der Waals surface area contributed by atoms with Gasteiger partial charge < -0.3 is 5.73 Å². The molecule has 1 nitrogen and oxygen atoms in total. The van der Waals surface area contributed by atoms with E-state index in [9.17, 15) is 0 Å². The van der Waals surface area contributed by atoms with E-state index in [-0.39, 0.29) is 0 Å². The van der Waals surface area contributed by atoms with Crippen molar-refractivity contribution in [2.75, 3.05) is 5.73 Å². The van der Waals surface area contributed by atoms with Gasteiger partial charge in [0.25, 0.3) is 0 Å². The van der Waals surface area contributed by atoms with Crippen LogP contribution in [0.3, 0.4) is 0 Å². The van der Waals surface area contributed by atoms with Crippen molar-refractivity contribution >= 4 is 16.5 Å². The highest BCUT2D eigenvalue weighted by molar-refractivity contribution is 5.96. The van der Waals surface area contributed by atoms with Crippen LogP contribution in [0.2, 0.25) is 0 Å². The van der Waals surface area contributed by atoms with E-state index in [4.69, 9.17) is 5.73 Å². The number of rotatable bonds is 0. The Balaban J connectivity index is 2.94. The molecule has 66 valence electrons. The fourth-order valence-electron chi connectivity index (χ4n) is 1.81. The van der Waals surface area contributed by atoms with Gasteiger partial charge in [-0.1, -0.05) is 24.3 Å². The lowest BCUT2D eigenvalue weighted by Gasteiger charge is -2.06. The fourth-order valence-corrected chi connectivity index (χ4v) is 1.81. The quantitative estimate of drug-likeness (QED) is 0.606. The van der Waals surface area contributed by atoms with Gasteiger partial charge in [0, 0.05) is 11.1 Å². The van der Waals surface area contributed by atoms with Crippen molar-refractivity contribution in [3.63, 3.8) is 0 Å². The molecule has 0 amide bonds. The van der Waals surface area contributed by atoms with Crippen LogP contribution in [0.5, 0.6) is 0 Å². The first-order valence-electron chi connectivity index (χ1n) is 4.44. The molecule has 0 heterocycles. The molecular formula is C12H13N. The molecule has 0 spiro atoms. The first-order valence-corrected chi connectivity index (χ1v) is 4.44. The second-order valence-corrected chi connectivity index (χ2v) is 3.53. The largest absolute Gasteiger partial charge is 0.398 e. The monoisotopic (exact) mass is 171 g/mol. The highest BCUT2D eigenvalue weighted by Crippen LogP contribution is 2.25. The van der Waals surface area contributed by atoms with Crippen LogP contribution in [-0.4, -0.2) is 0 Å². The van der Waals surface area contributed by atoms with E-state index >= 15 is 0 Å². The number of hydrogen-bond acceptors (Lipinski definition) is 1. The van der Waals surface area contributed by atoms with Gasteiger partial charge in [0.05, 0.1) is 0 Å². The summed E-state index contributed by atoms with van der Waals surface area (Å²) in [5.74, 6) is 0. The highest BCUT2D eigenvalue weighted by atomic mass is 14.6. The molecule has 2 aromatic rings. The summed E-state index contributed by atoms with van der Waals surface area (Å²) in [7, 11) is 0. The Bertz CT molecular complexity index is 458. The molecule has 0 aliphatic heterocycles. The van der Waals surface area contributed by atoms with Gasteiger partial charge in [0.1, 0.15) is 0 Å². The zero-order valence-corrected chi connectivity index (χ0v) is 7.96. The molecule has 0 fully saturated rings. The zero-order chi connectivity index (χ0) is 9.42. The first kappa shape index (κ1) is 8.11. The van der Waals surface area contributed by atoms with E-state index in [1.807, 2.05) is 6.07 Å². The molecule has 0 radical (unpaired) electrons. The number of fused-ring (bicyclic) bond motifs is 1. The van der Waals surface area contributed by atoms with Crippen molar-refractivity contribution in [1.82, 2.24) is 0 Å². The van der Waals surface area contributed by atoms with Crippen LogP contribution >= 0.6 is 0 Å². The van der Waals surface area contributed by atoms with E-state index in [0.29, 0.717) is 0 Å². The SMILES string of the molecule is Cc1cc(N)c2c(C)cccc2c1. The van der Waals surface area contributed by atoms with Gasteiger partial charge in [-0.3, -0.25) is 0 Å². The number of nitrogen functional groups attached to an aromatic ring is 1. The van der Waals surface area contributed by atoms with E-state index in [2.05, 4.69) is 38.1 Å². The first-order chi connectivity index (χ1) is 6.18. The third-order valence-electron chi connectivity index (χ3n) is 2.36. The molecule has 0 bridgehead atoms. The fraction of sp³-hybridized carbons (Fsp3) is 0.167. The van der Waals surface area contributed by atoms with E-state index in [1.54, 1.807) is 0 Å². The molecule has 2 aromatic carbocycles. The van der Waals surface area contributed by atoms with Gasteiger partial charge >= 0.3 is 0 Å². The zero-order valence-electron chi connectivity index (χ0n) is 7.96. The summed E-state index contributed by atoms with van der Waals surface area (Å²) < 4.78 is 0. The third-order valence-corrected chi connectivity index (χ3v) is 2.36. The molecule has 0 aromatic heterocycles. The third kappa shape index (κ3) is 1.26. The number of nitrogens with two attached hydrogens (primary N) is 1. The van der Waals surface area contributed by atoms with Crippen LogP contribution < -0.4 is 5.73 Å². The lowest BCUT2D eigenvalue weighted by Crippen LogP contribution is -1.90. The van der Waals surface area contributed by atoms with Crippen LogP contribution in [0.15, 0.2) is 30.3 Å². The van der Waals surface area contributed by atoms with Crippen molar-refractivity contribution in [3.8, 4) is 0 Å². The maximum Gasteiger partial charge on any atom is 0.0399 e. The van der Waals surface area contributed by atoms with Crippen LogP contribution in [-0.2, 0) is 0 Å². The van der Waals surface area contributed by atoms with Gasteiger partial charge in [-0.25, -0.2) is 0 Å². The molecular weight excluding hydrogens is 158 g/mol. The molecule has 0 aliphatic rings. The van der Waals surface area contributed by atoms with Crippen molar-refractivity contribution in [3.05, 3.63) is 41.5 Å². The second-order valence-electron chi connectivity index (χ2n) is 3.53. The number of aryl methyl sites for hydroxylation is 2. The van der Waals surface area contributed by atoms with E-state index < -0.39 is 0 Å². The van der Waals surface area contributed by atoms with Crippen LogP contribution in [0.25, 0.3) is 10.8 Å². The van der Waals surface area contributed by atoms with Crippen molar-refractivity contribution in [2.24, 2.45) is 0 Å². The molecule has 0 saturated carbocycles. The summed E-state index contributed by atoms with van der Waals surface area (Å²) in [4.78, 5) is 0. The minimum Gasteiger partial charge on any atom is -0.398 e. The van der Waals surface area contributed by atoms with E-state index in [1.165, 1.54) is 21.9 Å². The average molecular weight is 171 g/mol. The Hall–Kier alpha value is -1.50. The number of anilines is 1. The minimum atomic E-state index is 0.883. The predicted octanol–water partition coefficient (Wildman–Crippen LogP) is 3.04. The van der Waals surface area contributed by atoms with Crippen molar-refractivity contribution < 1.29 is 0 Å². The molecule has 2 N–H and O–H groups in total. The molecule has 0 atom stereocenters. The molecule has 0 unspecified atom stereocenters. The summed E-state index contributed by atoms with van der Waals surface area (Å²) in [6.45, 7) is 4.16. The van der Waals surface area contributed by atoms with E-state index in [0.717, 1.165) is 5.69 Å². The average Bonchev–Trinajstić information content (AvgIpc) is 2.02. The smallest absolute Gasteiger partial charge is 0.0399 e. The van der Waals surface area contributed by atoms with Crippen LogP contribution in [0, 0.1) is 13.8 Å². The molecule has 2 rings (SSSR count). The van der Waals surface area contributed by atoms with Crippen molar-refractivity contribution in [2.45, 2.75) is 13.8 Å². The summed E-state index contributed by atoms with van der Waals surface area (Å²) in [5.41, 5.74) is 9.30.